The molecule has 0 aromatic heterocycles. The molecule has 0 spiro atoms. The average molecular weight is 338 g/mol. The van der Waals surface area contributed by atoms with Crippen LogP contribution in [0.4, 0.5) is 0 Å². The predicted molar refractivity (Wildman–Crippen MR) is 97.8 cm³/mol. The van der Waals surface area contributed by atoms with E-state index in [0.717, 1.165) is 11.3 Å². The summed E-state index contributed by atoms with van der Waals surface area (Å²) < 4.78 is 10.6. The molecule has 25 heavy (non-hydrogen) atoms. The first kappa shape index (κ1) is 18.4. The van der Waals surface area contributed by atoms with Gasteiger partial charge in [0.15, 0.2) is 0 Å². The maximum Gasteiger partial charge on any atom is 0.251 e. The molecule has 0 saturated carbocycles. The zero-order chi connectivity index (χ0) is 17.9. The van der Waals surface area contributed by atoms with Crippen LogP contribution in [0.5, 0.6) is 11.5 Å². The monoisotopic (exact) mass is 338 g/mol. The zero-order valence-corrected chi connectivity index (χ0v) is 14.2. The van der Waals surface area contributed by atoms with Gasteiger partial charge in [-0.2, -0.15) is 0 Å². The topological polar surface area (TPSA) is 59.6 Å². The third-order valence-electron chi connectivity index (χ3n) is 3.52. The van der Waals surface area contributed by atoms with Gasteiger partial charge < -0.3 is 20.1 Å². The van der Waals surface area contributed by atoms with Gasteiger partial charge in [0.25, 0.3) is 5.91 Å². The van der Waals surface area contributed by atoms with E-state index in [-0.39, 0.29) is 12.5 Å². The number of amides is 1. The Morgan fingerprint density at radius 3 is 2.80 bits per heavy atom. The number of ether oxygens (including phenoxy) is 2. The van der Waals surface area contributed by atoms with Crippen molar-refractivity contribution in [1.82, 2.24) is 10.6 Å². The highest BCUT2D eigenvalue weighted by molar-refractivity contribution is 5.94. The lowest BCUT2D eigenvalue weighted by Crippen LogP contribution is -2.31. The van der Waals surface area contributed by atoms with Crippen LogP contribution in [-0.2, 0) is 6.54 Å². The minimum absolute atomic E-state index is 0.126. The quantitative estimate of drug-likeness (QED) is 0.544. The lowest BCUT2D eigenvalue weighted by Gasteiger charge is -2.11. The molecule has 0 radical (unpaired) electrons. The molecular formula is C20H22N2O3. The van der Waals surface area contributed by atoms with Gasteiger partial charge in [-0.05, 0) is 24.3 Å². The van der Waals surface area contributed by atoms with Crippen LogP contribution < -0.4 is 20.1 Å². The summed E-state index contributed by atoms with van der Waals surface area (Å²) in [4.78, 5) is 12.1. The zero-order valence-electron chi connectivity index (χ0n) is 14.2. The smallest absolute Gasteiger partial charge is 0.251 e. The molecular weight excluding hydrogens is 316 g/mol. The van der Waals surface area contributed by atoms with Crippen LogP contribution in [0.15, 0.2) is 48.5 Å². The molecule has 2 N–H and O–H groups in total. The van der Waals surface area contributed by atoms with Gasteiger partial charge in [0.2, 0.25) is 0 Å². The predicted octanol–water partition coefficient (Wildman–Crippen LogP) is 2.23. The Morgan fingerprint density at radius 1 is 1.16 bits per heavy atom. The fraction of sp³-hybridized carbons (Fsp3) is 0.250. The molecule has 1 amide bonds. The number of hydrogen-bond acceptors (Lipinski definition) is 4. The molecule has 0 fully saturated rings. The standard InChI is InChI=1S/C20H22N2O3/c1-3-13-25-19-10-5-4-7-17(19)15-21-11-12-22-20(23)16-8-6-9-18(14-16)24-2/h1,4-10,14,21H,11-13,15H2,2H3,(H,22,23). The molecule has 0 heterocycles. The molecule has 0 aliphatic heterocycles. The summed E-state index contributed by atoms with van der Waals surface area (Å²) in [7, 11) is 1.58. The van der Waals surface area contributed by atoms with Crippen molar-refractivity contribution in [2.75, 3.05) is 26.8 Å². The van der Waals surface area contributed by atoms with Crippen molar-refractivity contribution in [2.45, 2.75) is 6.54 Å². The van der Waals surface area contributed by atoms with Crippen LogP contribution in [0.25, 0.3) is 0 Å². The molecule has 2 rings (SSSR count). The third kappa shape index (κ3) is 5.87. The minimum Gasteiger partial charge on any atom is -0.497 e. The average Bonchev–Trinajstić information content (AvgIpc) is 2.66. The molecule has 0 aliphatic carbocycles. The third-order valence-corrected chi connectivity index (χ3v) is 3.52. The van der Waals surface area contributed by atoms with E-state index in [1.165, 1.54) is 0 Å². The van der Waals surface area contributed by atoms with Gasteiger partial charge in [0, 0.05) is 30.8 Å². The van der Waals surface area contributed by atoms with Crippen LogP contribution in [0, 0.1) is 12.3 Å². The van der Waals surface area contributed by atoms with E-state index < -0.39 is 0 Å². The maximum atomic E-state index is 12.1. The number of terminal acetylenes is 1. The van der Waals surface area contributed by atoms with Gasteiger partial charge in [-0.1, -0.05) is 30.2 Å². The fourth-order valence-electron chi connectivity index (χ4n) is 2.26. The highest BCUT2D eigenvalue weighted by atomic mass is 16.5. The molecule has 2 aromatic rings. The van der Waals surface area contributed by atoms with Gasteiger partial charge in [0.05, 0.1) is 7.11 Å². The van der Waals surface area contributed by atoms with Crippen LogP contribution in [0.1, 0.15) is 15.9 Å². The second-order valence-corrected chi connectivity index (χ2v) is 5.27. The summed E-state index contributed by atoms with van der Waals surface area (Å²) in [5.74, 6) is 3.76. The lowest BCUT2D eigenvalue weighted by atomic mass is 10.2. The lowest BCUT2D eigenvalue weighted by molar-refractivity contribution is 0.0953. The van der Waals surface area contributed by atoms with Gasteiger partial charge in [0.1, 0.15) is 18.1 Å². The van der Waals surface area contributed by atoms with E-state index >= 15 is 0 Å². The van der Waals surface area contributed by atoms with E-state index in [9.17, 15) is 4.79 Å². The van der Waals surface area contributed by atoms with Crippen molar-refractivity contribution in [1.29, 1.82) is 0 Å². The van der Waals surface area contributed by atoms with Crippen LogP contribution in [0.3, 0.4) is 0 Å². The summed E-state index contributed by atoms with van der Waals surface area (Å²) in [6.45, 7) is 2.03. The Bertz CT molecular complexity index is 738. The normalized spacial score (nSPS) is 9.92. The molecule has 0 unspecified atom stereocenters. The van der Waals surface area contributed by atoms with Crippen molar-refractivity contribution >= 4 is 5.91 Å². The van der Waals surface area contributed by atoms with Crippen molar-refractivity contribution in [3.8, 4) is 23.8 Å². The number of nitrogens with one attached hydrogen (secondary N) is 2. The Labute approximate surface area is 148 Å². The van der Waals surface area contributed by atoms with Crippen molar-refractivity contribution in [2.24, 2.45) is 0 Å². The summed E-state index contributed by atoms with van der Waals surface area (Å²) in [6.07, 6.45) is 5.22. The van der Waals surface area contributed by atoms with Gasteiger partial charge in [-0.3, -0.25) is 4.79 Å². The Hall–Kier alpha value is -2.97. The van der Waals surface area contributed by atoms with E-state index in [1.54, 1.807) is 31.4 Å². The molecule has 0 atom stereocenters. The number of methoxy groups -OCH3 is 1. The van der Waals surface area contributed by atoms with Crippen LogP contribution >= 0.6 is 0 Å². The number of para-hydroxylation sites is 1. The molecule has 0 saturated heterocycles. The van der Waals surface area contributed by atoms with Crippen molar-refractivity contribution in [3.05, 3.63) is 59.7 Å². The summed E-state index contributed by atoms with van der Waals surface area (Å²) in [5, 5.41) is 6.15. The van der Waals surface area contributed by atoms with Gasteiger partial charge in [-0.25, -0.2) is 0 Å². The molecule has 130 valence electrons. The highest BCUT2D eigenvalue weighted by Gasteiger charge is 2.06. The maximum absolute atomic E-state index is 12.1. The molecule has 0 aliphatic rings. The first-order valence-electron chi connectivity index (χ1n) is 8.01. The summed E-state index contributed by atoms with van der Waals surface area (Å²) >= 11 is 0. The van der Waals surface area contributed by atoms with E-state index in [2.05, 4.69) is 16.6 Å². The number of carbonyl (C=O) groups is 1. The van der Waals surface area contributed by atoms with Crippen molar-refractivity contribution in [3.63, 3.8) is 0 Å². The van der Waals surface area contributed by atoms with Crippen molar-refractivity contribution < 1.29 is 14.3 Å². The first-order valence-corrected chi connectivity index (χ1v) is 8.01. The first-order chi connectivity index (χ1) is 12.2. The van der Waals surface area contributed by atoms with Gasteiger partial charge in [-0.15, -0.1) is 6.42 Å². The van der Waals surface area contributed by atoms with E-state index in [1.807, 2.05) is 24.3 Å². The molecule has 5 heteroatoms. The minimum atomic E-state index is -0.126. The van der Waals surface area contributed by atoms with E-state index in [0.29, 0.717) is 30.9 Å². The number of benzene rings is 2. The number of rotatable bonds is 9. The number of carbonyl (C=O) groups excluding carboxylic acids is 1. The highest BCUT2D eigenvalue weighted by Crippen LogP contribution is 2.17. The Balaban J connectivity index is 1.75. The van der Waals surface area contributed by atoms with Gasteiger partial charge >= 0.3 is 0 Å². The molecule has 0 bridgehead atoms. The summed E-state index contributed by atoms with van der Waals surface area (Å²) in [5.41, 5.74) is 1.60. The van der Waals surface area contributed by atoms with Crippen LogP contribution in [0.2, 0.25) is 0 Å². The second kappa shape index (κ2) is 10.0. The van der Waals surface area contributed by atoms with Crippen LogP contribution in [-0.4, -0.2) is 32.7 Å². The molecule has 5 nitrogen and oxygen atoms in total. The fourth-order valence-corrected chi connectivity index (χ4v) is 2.26. The Morgan fingerprint density at radius 2 is 2.00 bits per heavy atom. The Kier molecular flexibility index (Phi) is 7.36. The second-order valence-electron chi connectivity index (χ2n) is 5.27. The largest absolute Gasteiger partial charge is 0.497 e. The number of hydrogen-bond donors (Lipinski definition) is 2. The molecule has 2 aromatic carbocycles. The van der Waals surface area contributed by atoms with E-state index in [4.69, 9.17) is 15.9 Å². The SMILES string of the molecule is C#CCOc1ccccc1CNCCNC(=O)c1cccc(OC)c1. The summed E-state index contributed by atoms with van der Waals surface area (Å²) in [6, 6.07) is 14.8.